The van der Waals surface area contributed by atoms with Crippen molar-refractivity contribution in [3.8, 4) is 169 Å². The van der Waals surface area contributed by atoms with E-state index in [2.05, 4.69) is 230 Å². The number of aromatic nitrogens is 9. The van der Waals surface area contributed by atoms with Gasteiger partial charge in [0.05, 0.1) is 0 Å². The van der Waals surface area contributed by atoms with Gasteiger partial charge < -0.3 is 0 Å². The van der Waals surface area contributed by atoms with Crippen molar-refractivity contribution >= 4 is 17.3 Å². The van der Waals surface area contributed by atoms with Gasteiger partial charge in [0.25, 0.3) is 0 Å². The molecule has 0 radical (unpaired) electrons. The summed E-state index contributed by atoms with van der Waals surface area (Å²) in [5.41, 5.74) is 31.5. The van der Waals surface area contributed by atoms with Crippen molar-refractivity contribution in [1.82, 2.24) is 44.9 Å². The van der Waals surface area contributed by atoms with E-state index in [0.717, 1.165) is 184 Å². The van der Waals surface area contributed by atoms with E-state index < -0.39 is 0 Å². The molecule has 0 saturated carbocycles. The van der Waals surface area contributed by atoms with Crippen molar-refractivity contribution < 1.29 is 14.4 Å². The molecule has 0 amide bonds. The molecule has 21 aromatic rings. The van der Waals surface area contributed by atoms with Crippen LogP contribution < -0.4 is 0 Å². The minimum Gasteiger partial charge on any atom is -0.289 e. The molecule has 0 bridgehead atoms. The summed E-state index contributed by atoms with van der Waals surface area (Å²) in [4.78, 5) is 84.7. The van der Waals surface area contributed by atoms with Gasteiger partial charge in [-0.05, 0) is 130 Å². The molecule has 0 fully saturated rings. The van der Waals surface area contributed by atoms with E-state index in [4.69, 9.17) is 44.9 Å². The first-order valence-corrected chi connectivity index (χ1v) is 47.5. The molecule has 0 spiro atoms. The van der Waals surface area contributed by atoms with E-state index in [9.17, 15) is 14.4 Å². The molecule has 0 saturated heterocycles. The third-order valence-electron chi connectivity index (χ3n) is 27.5. The number of carbonyl (C=O) groups excluding carboxylic acids is 3. The first kappa shape index (κ1) is 88.3. The number of carbonyl (C=O) groups is 3. The van der Waals surface area contributed by atoms with E-state index in [1.54, 1.807) is 0 Å². The van der Waals surface area contributed by atoms with Gasteiger partial charge in [0.2, 0.25) is 0 Å². The van der Waals surface area contributed by atoms with E-state index in [-0.39, 0.29) is 33.6 Å². The Bertz CT molecular complexity index is 8250. The Kier molecular flexibility index (Phi) is 23.3. The van der Waals surface area contributed by atoms with Crippen LogP contribution in [0.1, 0.15) is 123 Å². The lowest BCUT2D eigenvalue weighted by Crippen LogP contribution is -2.30. The fourth-order valence-corrected chi connectivity index (χ4v) is 20.0. The van der Waals surface area contributed by atoms with Gasteiger partial charge in [-0.25, -0.2) is 44.9 Å². The van der Waals surface area contributed by atoms with Crippen molar-refractivity contribution in [2.75, 3.05) is 0 Å². The summed E-state index contributed by atoms with van der Waals surface area (Å²) in [6.07, 6.45) is 0. The fraction of sp³-hybridized carbons (Fsp3) is 0.0698. The van der Waals surface area contributed by atoms with Gasteiger partial charge in [-0.2, -0.15) is 0 Å². The second-order valence-corrected chi connectivity index (χ2v) is 37.3. The zero-order valence-corrected chi connectivity index (χ0v) is 78.6. The summed E-state index contributed by atoms with van der Waals surface area (Å²) in [7, 11) is 0. The lowest BCUT2D eigenvalue weighted by atomic mass is 9.68. The van der Waals surface area contributed by atoms with Crippen molar-refractivity contribution in [2.24, 2.45) is 0 Å². The van der Waals surface area contributed by atoms with E-state index in [1.165, 1.54) is 0 Å². The number of fused-ring (bicyclic) bond motifs is 6. The van der Waals surface area contributed by atoms with Gasteiger partial charge >= 0.3 is 0 Å². The lowest BCUT2D eigenvalue weighted by molar-refractivity contribution is 0.102. The predicted octanol–water partition coefficient (Wildman–Crippen LogP) is 30.2. The highest BCUT2D eigenvalue weighted by atomic mass is 16.1. The molecule has 3 aromatic heterocycles. The van der Waals surface area contributed by atoms with Crippen LogP contribution in [-0.4, -0.2) is 62.2 Å². The van der Waals surface area contributed by atoms with E-state index in [1.807, 2.05) is 267 Å². The van der Waals surface area contributed by atoms with Crippen LogP contribution in [0.5, 0.6) is 0 Å². The van der Waals surface area contributed by atoms with Crippen LogP contribution in [0.3, 0.4) is 0 Å². The van der Waals surface area contributed by atoms with Crippen LogP contribution in [0.15, 0.2) is 455 Å². The summed E-state index contributed by atoms with van der Waals surface area (Å²) in [6, 6.07) is 153. The number of ketones is 3. The molecule has 0 unspecified atom stereocenters. The molecule has 12 nitrogen and oxygen atoms in total. The van der Waals surface area contributed by atoms with Crippen molar-refractivity contribution in [2.45, 2.75) is 57.8 Å². The lowest BCUT2D eigenvalue weighted by Gasteiger charge is -2.34. The molecule has 141 heavy (non-hydrogen) atoms. The van der Waals surface area contributed by atoms with Gasteiger partial charge in [-0.15, -0.1) is 0 Å². The monoisotopic (exact) mass is 1820 g/mol. The number of rotatable bonds is 15. The zero-order chi connectivity index (χ0) is 95.9. The first-order valence-electron chi connectivity index (χ1n) is 47.5. The topological polar surface area (TPSA) is 167 Å². The molecule has 0 aliphatic heterocycles. The summed E-state index contributed by atoms with van der Waals surface area (Å²) in [5.74, 6) is 5.93. The highest BCUT2D eigenvalue weighted by Gasteiger charge is 2.40. The Morgan fingerprint density at radius 1 is 0.128 bits per heavy atom. The standard InChI is InChI=1S/3C43H31N3O/c1-43(2)37-23-12-11-22-35(37)39(47)36-25-24-31(27-38(36)43)34-21-10-9-20-33(34)30-18-13-19-32(26-30)42-45-40(28-14-5-3-6-15-28)44-41(46-42)29-16-7-4-8-17-29;1-43(2)37-23-12-11-22-35(37)39(47)36-25-24-31(27-38(36)43)30-18-13-19-32(26-30)33-20-9-10-21-34(33)42-45-40(28-14-5-3-6-15-28)44-41(46-42)29-16-7-4-8-17-29;1-43(2)37-20-12-11-19-35(37)39(47)36-26-25-32(27-38(36)43)34-18-10-9-17-33(34)28-21-23-31(24-22-28)42-45-40(29-13-5-3-6-14-29)44-41(46-42)30-15-7-4-8-16-30/h3*3-27H,1-2H3. The second kappa shape index (κ2) is 37.2. The van der Waals surface area contributed by atoms with Crippen LogP contribution in [0.2, 0.25) is 0 Å². The van der Waals surface area contributed by atoms with Gasteiger partial charge in [0.1, 0.15) is 0 Å². The second-order valence-electron chi connectivity index (χ2n) is 37.3. The molecule has 0 atom stereocenters. The average molecular weight is 1820 g/mol. The molecular weight excluding hydrogens is 1720 g/mol. The number of nitrogens with zero attached hydrogens (tertiary/aromatic N) is 9. The molecule has 3 heterocycles. The van der Waals surface area contributed by atoms with Crippen molar-refractivity contribution in [3.63, 3.8) is 0 Å². The Hall–Kier alpha value is -18.0. The van der Waals surface area contributed by atoms with Gasteiger partial charge in [0.15, 0.2) is 69.8 Å². The average Bonchev–Trinajstić information content (AvgIpc) is 0.731. The summed E-state index contributed by atoms with van der Waals surface area (Å²) >= 11 is 0. The summed E-state index contributed by atoms with van der Waals surface area (Å²) < 4.78 is 0. The maximum Gasteiger partial charge on any atom is 0.193 e. The highest BCUT2D eigenvalue weighted by Crippen LogP contribution is 2.49. The molecule has 3 aliphatic rings. The molecule has 18 aromatic carbocycles. The molecule has 3 aliphatic carbocycles. The van der Waals surface area contributed by atoms with Crippen molar-refractivity contribution in [3.05, 3.63) is 522 Å². The largest absolute Gasteiger partial charge is 0.289 e. The third-order valence-corrected chi connectivity index (χ3v) is 27.5. The molecule has 0 N–H and O–H groups in total. The van der Waals surface area contributed by atoms with E-state index in [0.29, 0.717) is 52.4 Å². The summed E-state index contributed by atoms with van der Waals surface area (Å²) in [5, 5.41) is 0. The highest BCUT2D eigenvalue weighted by molar-refractivity contribution is 6.15. The molecule has 24 rings (SSSR count). The quantitative estimate of drug-likeness (QED) is 0.0954. The zero-order valence-electron chi connectivity index (χ0n) is 78.6. The van der Waals surface area contributed by atoms with Crippen LogP contribution in [0.4, 0.5) is 0 Å². The van der Waals surface area contributed by atoms with Crippen LogP contribution in [0.25, 0.3) is 169 Å². The Labute approximate surface area is 819 Å². The molecule has 672 valence electrons. The van der Waals surface area contributed by atoms with Gasteiger partial charge in [-0.3, -0.25) is 14.4 Å². The maximum absolute atomic E-state index is 13.5. The first-order chi connectivity index (χ1) is 68.9. The number of benzene rings is 18. The Morgan fingerprint density at radius 2 is 0.305 bits per heavy atom. The normalized spacial score (nSPS) is 13.1. The number of hydrogen-bond donors (Lipinski definition) is 0. The third kappa shape index (κ3) is 17.0. The smallest absolute Gasteiger partial charge is 0.193 e. The minimum atomic E-state index is -0.309. The number of hydrogen-bond acceptors (Lipinski definition) is 12. The van der Waals surface area contributed by atoms with Gasteiger partial charge in [0, 0.05) is 99.7 Å². The van der Waals surface area contributed by atoms with Gasteiger partial charge in [-0.1, -0.05) is 466 Å². The van der Waals surface area contributed by atoms with Crippen molar-refractivity contribution in [1.29, 1.82) is 0 Å². The minimum absolute atomic E-state index is 0.0876. The Morgan fingerprint density at radius 3 is 0.624 bits per heavy atom. The fourth-order valence-electron chi connectivity index (χ4n) is 20.0. The van der Waals surface area contributed by atoms with Crippen LogP contribution in [0, 0.1) is 0 Å². The molecule has 12 heteroatoms. The van der Waals surface area contributed by atoms with E-state index >= 15 is 0 Å². The predicted molar refractivity (Wildman–Crippen MR) is 567 cm³/mol. The van der Waals surface area contributed by atoms with Crippen LogP contribution >= 0.6 is 0 Å². The SMILES string of the molecule is CC1(C)c2ccccc2C(=O)c2ccc(-c3cccc(-c4ccccc4-c4nc(-c5ccccc5)nc(-c5ccccc5)n4)c3)cc21.CC1(C)c2ccccc2C(=O)c2ccc(-c3ccccc3-c3ccc(-c4nc(-c5ccccc5)nc(-c5ccccc5)n4)cc3)cc21.CC1(C)c2ccccc2C(=O)c2ccc(-c3ccccc3-c3cccc(-c4nc(-c5ccccc5)nc(-c5ccccc5)n4)c3)cc21. The maximum atomic E-state index is 13.5. The summed E-state index contributed by atoms with van der Waals surface area (Å²) in [6.45, 7) is 13.2. The van der Waals surface area contributed by atoms with Crippen LogP contribution in [-0.2, 0) is 16.2 Å². The molecular formula is C129H93N9O3. The Balaban J connectivity index is 0.000000121.